The molecular weight excluding hydrogens is 503 g/mol. The number of non-ortho nitro benzene ring substituents is 1. The predicted octanol–water partition coefficient (Wildman–Crippen LogP) is 6.01. The number of carbonyl (C=O) groups excluding carboxylic acids is 1. The third kappa shape index (κ3) is 6.95. The molecule has 36 heavy (non-hydrogen) atoms. The van der Waals surface area contributed by atoms with Gasteiger partial charge in [0.25, 0.3) is 11.6 Å². The molecule has 0 atom stereocenters. The highest BCUT2D eigenvalue weighted by Crippen LogP contribution is 2.37. The summed E-state index contributed by atoms with van der Waals surface area (Å²) in [6.45, 7) is 2.01. The summed E-state index contributed by atoms with van der Waals surface area (Å²) in [5.74, 6) is -0.360. The zero-order valence-electron chi connectivity index (χ0n) is 18.7. The predicted molar refractivity (Wildman–Crippen MR) is 127 cm³/mol. The molecule has 0 radical (unpaired) electrons. The van der Waals surface area contributed by atoms with Crippen LogP contribution in [0, 0.1) is 10.1 Å². The summed E-state index contributed by atoms with van der Waals surface area (Å²) in [7, 11) is 0. The molecule has 0 fully saturated rings. The van der Waals surface area contributed by atoms with Crippen molar-refractivity contribution in [1.82, 2.24) is 5.43 Å². The van der Waals surface area contributed by atoms with Crippen LogP contribution < -0.4 is 14.9 Å². The molecule has 0 saturated carbocycles. The van der Waals surface area contributed by atoms with Gasteiger partial charge in [-0.15, -0.1) is 0 Å². The Labute approximate surface area is 208 Å². The zero-order valence-corrected chi connectivity index (χ0v) is 19.5. The molecule has 1 N–H and O–H groups in total. The van der Waals surface area contributed by atoms with Crippen LogP contribution in [0.1, 0.15) is 34.0 Å². The van der Waals surface area contributed by atoms with E-state index in [1.807, 2.05) is 0 Å². The Morgan fingerprint density at radius 3 is 2.58 bits per heavy atom. The van der Waals surface area contributed by atoms with Crippen LogP contribution in [0.15, 0.2) is 65.8 Å². The van der Waals surface area contributed by atoms with E-state index in [1.54, 1.807) is 13.0 Å². The van der Waals surface area contributed by atoms with Crippen molar-refractivity contribution in [2.24, 2.45) is 5.10 Å². The number of nitro benzene ring substituents is 1. The van der Waals surface area contributed by atoms with E-state index in [0.717, 1.165) is 18.2 Å². The highest BCUT2D eigenvalue weighted by molar-refractivity contribution is 6.32. The number of benzene rings is 3. The number of nitrogens with zero attached hydrogens (tertiary/aromatic N) is 2. The van der Waals surface area contributed by atoms with Gasteiger partial charge in [-0.05, 0) is 48.4 Å². The molecular formula is C24H19ClF3N3O5. The van der Waals surface area contributed by atoms with Gasteiger partial charge in [0.15, 0.2) is 11.5 Å². The molecule has 0 aliphatic heterocycles. The molecule has 0 saturated heterocycles. The summed E-state index contributed by atoms with van der Waals surface area (Å²) < 4.78 is 49.9. The lowest BCUT2D eigenvalue weighted by Crippen LogP contribution is -2.18. The van der Waals surface area contributed by atoms with Gasteiger partial charge in [-0.3, -0.25) is 14.9 Å². The van der Waals surface area contributed by atoms with Crippen molar-refractivity contribution in [2.75, 3.05) is 6.61 Å². The van der Waals surface area contributed by atoms with E-state index < -0.39 is 22.6 Å². The van der Waals surface area contributed by atoms with Crippen LogP contribution >= 0.6 is 11.6 Å². The number of nitro groups is 1. The van der Waals surface area contributed by atoms with Crippen LogP contribution in [0.4, 0.5) is 18.9 Å². The molecule has 12 heteroatoms. The first-order valence-electron chi connectivity index (χ1n) is 10.4. The van der Waals surface area contributed by atoms with Crippen molar-refractivity contribution < 1.29 is 32.4 Å². The molecule has 3 aromatic rings. The topological polar surface area (TPSA) is 103 Å². The number of amides is 1. The van der Waals surface area contributed by atoms with Gasteiger partial charge >= 0.3 is 6.18 Å². The number of hydrogen-bond acceptors (Lipinski definition) is 6. The SMILES string of the molecule is CCOc1cc(/C=N\NC(=O)c2cccc(C(F)(F)F)c2)cc(Cl)c1OCc1cccc([N+](=O)[O-])c1. The first-order chi connectivity index (χ1) is 17.1. The number of nitrogens with one attached hydrogen (secondary N) is 1. The number of alkyl halides is 3. The van der Waals surface area contributed by atoms with Crippen molar-refractivity contribution in [3.63, 3.8) is 0 Å². The highest BCUT2D eigenvalue weighted by Gasteiger charge is 2.30. The summed E-state index contributed by atoms with van der Waals surface area (Å²) in [6, 6.07) is 12.9. The lowest BCUT2D eigenvalue weighted by atomic mass is 10.1. The van der Waals surface area contributed by atoms with E-state index in [9.17, 15) is 28.1 Å². The van der Waals surface area contributed by atoms with Crippen LogP contribution in [-0.2, 0) is 12.8 Å². The van der Waals surface area contributed by atoms with Gasteiger partial charge in [0.05, 0.1) is 28.3 Å². The standard InChI is InChI=1S/C24H19ClF3N3O5/c1-2-35-21-11-16(13-29-30-23(32)17-6-4-7-18(12-17)24(26,27)28)10-20(25)22(21)36-14-15-5-3-8-19(9-15)31(33)34/h3-13H,2,14H2,1H3,(H,30,32)/b29-13-. The highest BCUT2D eigenvalue weighted by atomic mass is 35.5. The van der Waals surface area contributed by atoms with Gasteiger partial charge in [-0.25, -0.2) is 5.43 Å². The second-order valence-corrected chi connectivity index (χ2v) is 7.66. The molecule has 0 aliphatic rings. The van der Waals surface area contributed by atoms with E-state index in [2.05, 4.69) is 10.5 Å². The fourth-order valence-electron chi connectivity index (χ4n) is 3.05. The van der Waals surface area contributed by atoms with Gasteiger partial charge in [-0.2, -0.15) is 18.3 Å². The first-order valence-corrected chi connectivity index (χ1v) is 10.8. The number of hydrogen-bond donors (Lipinski definition) is 1. The molecule has 0 unspecified atom stereocenters. The van der Waals surface area contributed by atoms with Gasteiger partial charge in [0.2, 0.25) is 0 Å². The van der Waals surface area contributed by atoms with Crippen molar-refractivity contribution in [3.8, 4) is 11.5 Å². The molecule has 0 heterocycles. The van der Waals surface area contributed by atoms with E-state index in [1.165, 1.54) is 42.6 Å². The second-order valence-electron chi connectivity index (χ2n) is 7.26. The Balaban J connectivity index is 1.73. The largest absolute Gasteiger partial charge is 0.490 e. The average Bonchev–Trinajstić information content (AvgIpc) is 2.83. The number of rotatable bonds is 9. The van der Waals surface area contributed by atoms with Gasteiger partial charge in [0.1, 0.15) is 6.61 Å². The Bertz CT molecular complexity index is 1300. The second kappa shape index (κ2) is 11.5. The molecule has 3 rings (SSSR count). The Morgan fingerprint density at radius 1 is 1.14 bits per heavy atom. The quantitative estimate of drug-likeness (QED) is 0.211. The molecule has 3 aromatic carbocycles. The lowest BCUT2D eigenvalue weighted by molar-refractivity contribution is -0.384. The van der Waals surface area contributed by atoms with Crippen LogP contribution in [-0.4, -0.2) is 23.7 Å². The third-order valence-electron chi connectivity index (χ3n) is 4.67. The average molecular weight is 522 g/mol. The van der Waals surface area contributed by atoms with Gasteiger partial charge in [-0.1, -0.05) is 29.8 Å². The number of halogens is 4. The molecule has 188 valence electrons. The zero-order chi connectivity index (χ0) is 26.3. The van der Waals surface area contributed by atoms with Gasteiger partial charge in [0, 0.05) is 17.7 Å². The normalized spacial score (nSPS) is 11.4. The minimum Gasteiger partial charge on any atom is -0.490 e. The number of ether oxygens (including phenoxy) is 2. The Kier molecular flexibility index (Phi) is 8.49. The monoisotopic (exact) mass is 521 g/mol. The van der Waals surface area contributed by atoms with Crippen molar-refractivity contribution in [1.29, 1.82) is 0 Å². The molecule has 8 nitrogen and oxygen atoms in total. The summed E-state index contributed by atoms with van der Waals surface area (Å²) >= 11 is 6.35. The van der Waals surface area contributed by atoms with Crippen molar-refractivity contribution in [2.45, 2.75) is 19.7 Å². The third-order valence-corrected chi connectivity index (χ3v) is 4.95. The molecule has 0 aliphatic carbocycles. The van der Waals surface area contributed by atoms with Crippen molar-refractivity contribution >= 4 is 29.4 Å². The smallest absolute Gasteiger partial charge is 0.416 e. The minimum absolute atomic E-state index is 0.0119. The number of carbonyl (C=O) groups is 1. The molecule has 0 aromatic heterocycles. The lowest BCUT2D eigenvalue weighted by Gasteiger charge is -2.14. The fourth-order valence-corrected chi connectivity index (χ4v) is 3.32. The summed E-state index contributed by atoms with van der Waals surface area (Å²) in [5.41, 5.74) is 1.89. The minimum atomic E-state index is -4.58. The van der Waals surface area contributed by atoms with E-state index in [4.69, 9.17) is 21.1 Å². The summed E-state index contributed by atoms with van der Waals surface area (Å²) in [4.78, 5) is 22.6. The van der Waals surface area contributed by atoms with Crippen LogP contribution in [0.3, 0.4) is 0 Å². The Hall–Kier alpha value is -4.12. The maximum absolute atomic E-state index is 12.9. The molecule has 0 spiro atoms. The maximum atomic E-state index is 12.9. The van der Waals surface area contributed by atoms with Crippen LogP contribution in [0.5, 0.6) is 11.5 Å². The van der Waals surface area contributed by atoms with Crippen LogP contribution in [0.2, 0.25) is 5.02 Å². The van der Waals surface area contributed by atoms with E-state index in [-0.39, 0.29) is 41.0 Å². The maximum Gasteiger partial charge on any atom is 0.416 e. The summed E-state index contributed by atoms with van der Waals surface area (Å²) in [5, 5.41) is 14.9. The Morgan fingerprint density at radius 2 is 1.89 bits per heavy atom. The molecule has 0 bridgehead atoms. The van der Waals surface area contributed by atoms with Gasteiger partial charge < -0.3 is 9.47 Å². The molecule has 1 amide bonds. The first kappa shape index (κ1) is 26.5. The fraction of sp³-hybridized carbons (Fsp3) is 0.167. The summed E-state index contributed by atoms with van der Waals surface area (Å²) in [6.07, 6.45) is -3.34. The van der Waals surface area contributed by atoms with E-state index >= 15 is 0 Å². The van der Waals surface area contributed by atoms with Crippen molar-refractivity contribution in [3.05, 3.63) is 98.1 Å². The number of hydrazone groups is 1. The van der Waals surface area contributed by atoms with Crippen LogP contribution in [0.25, 0.3) is 0 Å². The van der Waals surface area contributed by atoms with E-state index in [0.29, 0.717) is 11.1 Å².